The van der Waals surface area contributed by atoms with Gasteiger partial charge in [0.1, 0.15) is 0 Å². The first-order valence-electron chi connectivity index (χ1n) is 4.33. The average Bonchev–Trinajstić information content (AvgIpc) is 2.23. The summed E-state index contributed by atoms with van der Waals surface area (Å²) in [6.45, 7) is 3.46. The third kappa shape index (κ3) is 2.77. The van der Waals surface area contributed by atoms with E-state index in [2.05, 4.69) is 11.4 Å². The molecule has 0 fully saturated rings. The minimum absolute atomic E-state index is 0.0926. The van der Waals surface area contributed by atoms with Gasteiger partial charge in [-0.1, -0.05) is 6.08 Å². The zero-order chi connectivity index (χ0) is 12.1. The van der Waals surface area contributed by atoms with Crippen molar-refractivity contribution in [2.45, 2.75) is 0 Å². The van der Waals surface area contributed by atoms with Gasteiger partial charge in [-0.25, -0.2) is 14.3 Å². The Morgan fingerprint density at radius 2 is 2.12 bits per heavy atom. The Morgan fingerprint density at radius 1 is 1.50 bits per heavy atom. The number of nitrogen functional groups attached to an aromatic ring is 1. The molecule has 1 amide bonds. The Hall–Kier alpha value is -1.95. The molecule has 6 heteroatoms. The van der Waals surface area contributed by atoms with E-state index in [1.54, 1.807) is 0 Å². The number of carbonyl (C=O) groups excluding carboxylic acids is 1. The summed E-state index contributed by atoms with van der Waals surface area (Å²) >= 11 is 0. The highest BCUT2D eigenvalue weighted by Gasteiger charge is 2.14. The molecule has 86 valence electrons. The molecule has 0 spiro atoms. The van der Waals surface area contributed by atoms with E-state index in [0.29, 0.717) is 6.07 Å². The van der Waals surface area contributed by atoms with Crippen LogP contribution in [0, 0.1) is 11.6 Å². The van der Waals surface area contributed by atoms with Gasteiger partial charge in [0.05, 0.1) is 12.2 Å². The average molecular weight is 228 g/mol. The van der Waals surface area contributed by atoms with Crippen molar-refractivity contribution in [1.29, 1.82) is 0 Å². The summed E-state index contributed by atoms with van der Waals surface area (Å²) in [6.07, 6.45) is 1.41. The minimum Gasteiger partial charge on any atom is -0.398 e. The highest BCUT2D eigenvalue weighted by Crippen LogP contribution is 2.16. The van der Waals surface area contributed by atoms with E-state index in [1.165, 1.54) is 6.08 Å². The quantitative estimate of drug-likeness (QED) is 0.354. The number of anilines is 1. The number of nitrogens with two attached hydrogens (primary N) is 1. The second-order valence-electron chi connectivity index (χ2n) is 2.88. The van der Waals surface area contributed by atoms with Crippen molar-refractivity contribution in [1.82, 2.24) is 5.48 Å². The van der Waals surface area contributed by atoms with Gasteiger partial charge in [-0.2, -0.15) is 0 Å². The molecule has 0 saturated carbocycles. The Kier molecular flexibility index (Phi) is 3.96. The van der Waals surface area contributed by atoms with Crippen LogP contribution in [-0.2, 0) is 4.84 Å². The molecule has 1 aromatic rings. The van der Waals surface area contributed by atoms with Crippen LogP contribution in [0.4, 0.5) is 14.5 Å². The van der Waals surface area contributed by atoms with Gasteiger partial charge in [0.2, 0.25) is 0 Å². The van der Waals surface area contributed by atoms with Crippen molar-refractivity contribution in [3.8, 4) is 0 Å². The van der Waals surface area contributed by atoms with Crippen molar-refractivity contribution < 1.29 is 18.4 Å². The smallest absolute Gasteiger partial charge is 0.277 e. The first-order chi connectivity index (χ1) is 7.56. The predicted octanol–water partition coefficient (Wildman–Crippen LogP) is 1.39. The Balaban J connectivity index is 2.83. The highest BCUT2D eigenvalue weighted by molar-refractivity contribution is 5.98. The molecule has 0 radical (unpaired) electrons. The number of carbonyl (C=O) groups is 1. The third-order valence-corrected chi connectivity index (χ3v) is 1.70. The number of halogens is 2. The van der Waals surface area contributed by atoms with E-state index < -0.39 is 17.5 Å². The van der Waals surface area contributed by atoms with Gasteiger partial charge in [-0.05, 0) is 6.07 Å². The zero-order valence-corrected chi connectivity index (χ0v) is 8.30. The highest BCUT2D eigenvalue weighted by atomic mass is 19.2. The maximum Gasteiger partial charge on any atom is 0.277 e. The van der Waals surface area contributed by atoms with Gasteiger partial charge in [0.25, 0.3) is 5.91 Å². The second kappa shape index (κ2) is 5.22. The summed E-state index contributed by atoms with van der Waals surface area (Å²) in [5.74, 6) is -3.01. The van der Waals surface area contributed by atoms with Gasteiger partial charge in [0, 0.05) is 11.8 Å². The maximum atomic E-state index is 12.8. The number of hydrogen-bond acceptors (Lipinski definition) is 3. The number of hydroxylamine groups is 1. The molecule has 16 heavy (non-hydrogen) atoms. The van der Waals surface area contributed by atoms with Crippen LogP contribution in [0.5, 0.6) is 0 Å². The van der Waals surface area contributed by atoms with Crippen LogP contribution in [0.3, 0.4) is 0 Å². The lowest BCUT2D eigenvalue weighted by Gasteiger charge is -2.07. The fourth-order valence-corrected chi connectivity index (χ4v) is 0.980. The van der Waals surface area contributed by atoms with Crippen LogP contribution in [0.2, 0.25) is 0 Å². The lowest BCUT2D eigenvalue weighted by Crippen LogP contribution is -2.25. The monoisotopic (exact) mass is 228 g/mol. The summed E-state index contributed by atoms with van der Waals surface area (Å²) in [4.78, 5) is 16.0. The van der Waals surface area contributed by atoms with E-state index in [4.69, 9.17) is 5.73 Å². The third-order valence-electron chi connectivity index (χ3n) is 1.70. The van der Waals surface area contributed by atoms with Crippen molar-refractivity contribution in [3.63, 3.8) is 0 Å². The van der Waals surface area contributed by atoms with Gasteiger partial charge in [0.15, 0.2) is 11.6 Å². The number of hydrogen-bond donors (Lipinski definition) is 2. The molecule has 0 bridgehead atoms. The van der Waals surface area contributed by atoms with Crippen LogP contribution in [0.25, 0.3) is 0 Å². The van der Waals surface area contributed by atoms with Gasteiger partial charge < -0.3 is 5.73 Å². The molecule has 1 aromatic carbocycles. The van der Waals surface area contributed by atoms with Crippen LogP contribution in [0.15, 0.2) is 24.8 Å². The minimum atomic E-state index is -1.15. The topological polar surface area (TPSA) is 64.3 Å². The summed E-state index contributed by atoms with van der Waals surface area (Å²) in [5, 5.41) is 0. The Bertz CT molecular complexity index is 422. The molecule has 0 atom stereocenters. The van der Waals surface area contributed by atoms with Crippen molar-refractivity contribution in [2.24, 2.45) is 0 Å². The Morgan fingerprint density at radius 3 is 2.75 bits per heavy atom. The van der Waals surface area contributed by atoms with Gasteiger partial charge >= 0.3 is 0 Å². The van der Waals surface area contributed by atoms with Crippen LogP contribution < -0.4 is 11.2 Å². The number of benzene rings is 1. The summed E-state index contributed by atoms with van der Waals surface area (Å²) in [5.41, 5.74) is 7.00. The predicted molar refractivity (Wildman–Crippen MR) is 54.4 cm³/mol. The number of rotatable bonds is 4. The fourth-order valence-electron chi connectivity index (χ4n) is 0.980. The first kappa shape index (κ1) is 12.1. The molecular weight excluding hydrogens is 218 g/mol. The van der Waals surface area contributed by atoms with E-state index >= 15 is 0 Å². The lowest BCUT2D eigenvalue weighted by molar-refractivity contribution is 0.0422. The summed E-state index contributed by atoms with van der Waals surface area (Å²) in [6, 6.07) is 1.44. The molecular formula is C10H10F2N2O2. The van der Waals surface area contributed by atoms with Gasteiger partial charge in [-0.3, -0.25) is 9.63 Å². The van der Waals surface area contributed by atoms with Gasteiger partial charge in [-0.15, -0.1) is 6.58 Å². The van der Waals surface area contributed by atoms with E-state index in [0.717, 1.165) is 6.07 Å². The van der Waals surface area contributed by atoms with Crippen LogP contribution in [0.1, 0.15) is 10.4 Å². The molecule has 3 N–H and O–H groups in total. The maximum absolute atomic E-state index is 12.8. The fraction of sp³-hybridized carbons (Fsp3) is 0.100. The SMILES string of the molecule is C=CCONC(=O)c1cc(F)c(F)cc1N. The standard InChI is InChI=1S/C10H10F2N2O2/c1-2-3-16-14-10(15)6-4-7(11)8(12)5-9(6)13/h2,4-5H,1,3,13H2,(H,14,15). The summed E-state index contributed by atoms with van der Waals surface area (Å²) < 4.78 is 25.5. The van der Waals surface area contributed by atoms with Crippen molar-refractivity contribution in [3.05, 3.63) is 42.0 Å². The summed E-state index contributed by atoms with van der Waals surface area (Å²) in [7, 11) is 0. The van der Waals surface area contributed by atoms with Crippen LogP contribution in [-0.4, -0.2) is 12.5 Å². The van der Waals surface area contributed by atoms with E-state index in [1.807, 2.05) is 5.48 Å². The molecule has 0 aliphatic heterocycles. The normalized spacial score (nSPS) is 9.88. The molecule has 0 aromatic heterocycles. The zero-order valence-electron chi connectivity index (χ0n) is 8.30. The molecule has 0 unspecified atom stereocenters. The van der Waals surface area contributed by atoms with Crippen LogP contribution >= 0.6 is 0 Å². The van der Waals surface area contributed by atoms with E-state index in [9.17, 15) is 13.6 Å². The van der Waals surface area contributed by atoms with Crippen molar-refractivity contribution in [2.75, 3.05) is 12.3 Å². The molecule has 4 nitrogen and oxygen atoms in total. The number of nitrogens with one attached hydrogen (secondary N) is 1. The lowest BCUT2D eigenvalue weighted by atomic mass is 10.1. The first-order valence-corrected chi connectivity index (χ1v) is 4.33. The number of amides is 1. The molecule has 0 aliphatic rings. The molecule has 0 heterocycles. The largest absolute Gasteiger partial charge is 0.398 e. The Labute approximate surface area is 90.7 Å². The molecule has 0 saturated heterocycles. The molecule has 1 rings (SSSR count). The van der Waals surface area contributed by atoms with E-state index in [-0.39, 0.29) is 17.9 Å². The van der Waals surface area contributed by atoms with Crippen molar-refractivity contribution >= 4 is 11.6 Å². The second-order valence-corrected chi connectivity index (χ2v) is 2.88. The molecule has 0 aliphatic carbocycles.